The van der Waals surface area contributed by atoms with Crippen molar-refractivity contribution >= 4 is 23.4 Å². The number of esters is 1. The molecule has 3 nitrogen and oxygen atoms in total. The average molecular weight is 239 g/mol. The molecule has 0 heterocycles. The van der Waals surface area contributed by atoms with Gasteiger partial charge in [0.1, 0.15) is 6.54 Å². The molecule has 1 rings (SSSR count). The zero-order valence-electron chi connectivity index (χ0n) is 9.82. The van der Waals surface area contributed by atoms with Gasteiger partial charge in [-0.25, -0.2) is 0 Å². The molecule has 0 saturated heterocycles. The average Bonchev–Trinajstić information content (AvgIpc) is 2.26. The van der Waals surface area contributed by atoms with E-state index < -0.39 is 0 Å². The molecular formula is C12H17NO2S. The highest BCUT2D eigenvalue weighted by Crippen LogP contribution is 2.17. The van der Waals surface area contributed by atoms with Crippen molar-refractivity contribution in [2.45, 2.75) is 24.8 Å². The van der Waals surface area contributed by atoms with Gasteiger partial charge in [-0.2, -0.15) is 0 Å². The lowest BCUT2D eigenvalue weighted by atomic mass is 10.3. The Labute approximate surface area is 101 Å². The number of anilines is 1. The van der Waals surface area contributed by atoms with E-state index in [1.54, 1.807) is 11.8 Å². The van der Waals surface area contributed by atoms with Crippen LogP contribution < -0.4 is 5.32 Å². The summed E-state index contributed by atoms with van der Waals surface area (Å²) < 4.78 is 5.01. The minimum absolute atomic E-state index is 0.0619. The van der Waals surface area contributed by atoms with Crippen LogP contribution in [0.4, 0.5) is 5.69 Å². The maximum Gasteiger partial charge on any atom is 0.325 e. The minimum atomic E-state index is -0.232. The third-order valence-corrected chi connectivity index (χ3v) is 2.64. The van der Waals surface area contributed by atoms with Crippen molar-refractivity contribution in [2.24, 2.45) is 0 Å². The Morgan fingerprint density at radius 1 is 1.38 bits per heavy atom. The van der Waals surface area contributed by atoms with E-state index in [-0.39, 0.29) is 18.6 Å². The number of hydrogen-bond donors (Lipinski definition) is 1. The van der Waals surface area contributed by atoms with Gasteiger partial charge in [0.25, 0.3) is 0 Å². The number of hydrogen-bond acceptors (Lipinski definition) is 4. The van der Waals surface area contributed by atoms with E-state index in [0.29, 0.717) is 0 Å². The quantitative estimate of drug-likeness (QED) is 0.633. The first-order valence-corrected chi connectivity index (χ1v) is 6.41. The van der Waals surface area contributed by atoms with Crippen LogP contribution in [0.15, 0.2) is 29.2 Å². The molecule has 0 aliphatic rings. The van der Waals surface area contributed by atoms with Crippen molar-refractivity contribution in [2.75, 3.05) is 18.1 Å². The van der Waals surface area contributed by atoms with Gasteiger partial charge < -0.3 is 10.1 Å². The van der Waals surface area contributed by atoms with Crippen molar-refractivity contribution in [1.29, 1.82) is 0 Å². The number of carbonyl (C=O) groups is 1. The third kappa shape index (κ3) is 4.57. The van der Waals surface area contributed by atoms with Crippen molar-refractivity contribution in [3.8, 4) is 0 Å². The van der Waals surface area contributed by atoms with Crippen LogP contribution in [0.1, 0.15) is 13.8 Å². The molecule has 16 heavy (non-hydrogen) atoms. The second-order valence-corrected chi connectivity index (χ2v) is 4.50. The van der Waals surface area contributed by atoms with Crippen LogP contribution in [0.3, 0.4) is 0 Å². The summed E-state index contributed by atoms with van der Waals surface area (Å²) in [4.78, 5) is 12.5. The largest absolute Gasteiger partial charge is 0.462 e. The van der Waals surface area contributed by atoms with Crippen LogP contribution in [-0.4, -0.2) is 24.9 Å². The highest BCUT2D eigenvalue weighted by atomic mass is 32.2. The SMILES string of the molecule is CSc1ccc(NCC(=O)OC(C)C)cc1. The van der Waals surface area contributed by atoms with Gasteiger partial charge in [-0.15, -0.1) is 11.8 Å². The second kappa shape index (κ2) is 6.43. The Kier molecular flexibility index (Phi) is 5.19. The Bertz CT molecular complexity index is 335. The maximum atomic E-state index is 11.3. The first-order chi connectivity index (χ1) is 7.61. The van der Waals surface area contributed by atoms with Crippen LogP contribution in [0.2, 0.25) is 0 Å². The summed E-state index contributed by atoms with van der Waals surface area (Å²) in [6.45, 7) is 3.88. The predicted molar refractivity (Wildman–Crippen MR) is 67.9 cm³/mol. The standard InChI is InChI=1S/C12H17NO2S/c1-9(2)15-12(14)8-13-10-4-6-11(16-3)7-5-10/h4-7,9,13H,8H2,1-3H3. The van der Waals surface area contributed by atoms with E-state index >= 15 is 0 Å². The van der Waals surface area contributed by atoms with Gasteiger partial charge in [0, 0.05) is 10.6 Å². The second-order valence-electron chi connectivity index (χ2n) is 3.62. The molecule has 0 saturated carbocycles. The van der Waals surface area contributed by atoms with Crippen molar-refractivity contribution < 1.29 is 9.53 Å². The van der Waals surface area contributed by atoms with Gasteiger partial charge >= 0.3 is 5.97 Å². The van der Waals surface area contributed by atoms with E-state index in [2.05, 4.69) is 5.32 Å². The number of carbonyl (C=O) groups excluding carboxylic acids is 1. The molecule has 0 bridgehead atoms. The molecule has 0 amide bonds. The highest BCUT2D eigenvalue weighted by molar-refractivity contribution is 7.98. The van der Waals surface area contributed by atoms with Crippen LogP contribution in [-0.2, 0) is 9.53 Å². The molecule has 0 spiro atoms. The summed E-state index contributed by atoms with van der Waals surface area (Å²) in [5.41, 5.74) is 0.929. The lowest BCUT2D eigenvalue weighted by Gasteiger charge is -2.09. The normalized spacial score (nSPS) is 10.2. The molecule has 0 radical (unpaired) electrons. The molecule has 88 valence electrons. The van der Waals surface area contributed by atoms with Gasteiger partial charge in [0.2, 0.25) is 0 Å². The molecular weight excluding hydrogens is 222 g/mol. The molecule has 0 aliphatic carbocycles. The van der Waals surface area contributed by atoms with Crippen molar-refractivity contribution in [3.63, 3.8) is 0 Å². The zero-order valence-corrected chi connectivity index (χ0v) is 10.6. The van der Waals surface area contributed by atoms with Crippen LogP contribution in [0.25, 0.3) is 0 Å². The van der Waals surface area contributed by atoms with E-state index in [1.165, 1.54) is 4.90 Å². The lowest BCUT2D eigenvalue weighted by Crippen LogP contribution is -2.20. The number of ether oxygens (including phenoxy) is 1. The monoisotopic (exact) mass is 239 g/mol. The van der Waals surface area contributed by atoms with Gasteiger partial charge in [-0.1, -0.05) is 0 Å². The van der Waals surface area contributed by atoms with E-state index in [9.17, 15) is 4.79 Å². The fourth-order valence-electron chi connectivity index (χ4n) is 1.19. The van der Waals surface area contributed by atoms with Crippen LogP contribution in [0.5, 0.6) is 0 Å². The topological polar surface area (TPSA) is 38.3 Å². The molecule has 4 heteroatoms. The summed E-state index contributed by atoms with van der Waals surface area (Å²) in [5, 5.41) is 3.02. The first kappa shape index (κ1) is 12.9. The third-order valence-electron chi connectivity index (χ3n) is 1.89. The summed E-state index contributed by atoms with van der Waals surface area (Å²) >= 11 is 1.69. The van der Waals surface area contributed by atoms with Crippen molar-refractivity contribution in [1.82, 2.24) is 0 Å². The molecule has 1 N–H and O–H groups in total. The number of benzene rings is 1. The summed E-state index contributed by atoms with van der Waals surface area (Å²) in [6, 6.07) is 7.94. The van der Waals surface area contributed by atoms with E-state index in [1.807, 2.05) is 44.4 Å². The highest BCUT2D eigenvalue weighted by Gasteiger charge is 2.04. The fraction of sp³-hybridized carbons (Fsp3) is 0.417. The van der Waals surface area contributed by atoms with Gasteiger partial charge in [0.15, 0.2) is 0 Å². The van der Waals surface area contributed by atoms with Crippen molar-refractivity contribution in [3.05, 3.63) is 24.3 Å². The van der Waals surface area contributed by atoms with E-state index in [4.69, 9.17) is 4.74 Å². The molecule has 0 unspecified atom stereocenters. The molecule has 0 aliphatic heterocycles. The van der Waals surface area contributed by atoms with Crippen LogP contribution >= 0.6 is 11.8 Å². The molecule has 0 aromatic heterocycles. The Morgan fingerprint density at radius 2 is 2.00 bits per heavy atom. The number of thioether (sulfide) groups is 1. The smallest absolute Gasteiger partial charge is 0.325 e. The summed E-state index contributed by atoms with van der Waals surface area (Å²) in [6.07, 6.45) is 1.97. The fourth-order valence-corrected chi connectivity index (χ4v) is 1.60. The number of rotatable bonds is 5. The van der Waals surface area contributed by atoms with Gasteiger partial charge in [-0.3, -0.25) is 4.79 Å². The Morgan fingerprint density at radius 3 is 2.50 bits per heavy atom. The minimum Gasteiger partial charge on any atom is -0.462 e. The molecule has 1 aromatic carbocycles. The molecule has 0 atom stereocenters. The molecule has 1 aromatic rings. The van der Waals surface area contributed by atoms with E-state index in [0.717, 1.165) is 5.69 Å². The van der Waals surface area contributed by atoms with Gasteiger partial charge in [0.05, 0.1) is 6.10 Å². The molecule has 0 fully saturated rings. The zero-order chi connectivity index (χ0) is 12.0. The number of nitrogens with one attached hydrogen (secondary N) is 1. The predicted octanol–water partition coefficient (Wildman–Crippen LogP) is 2.77. The van der Waals surface area contributed by atoms with Gasteiger partial charge in [-0.05, 0) is 44.4 Å². The Hall–Kier alpha value is -1.16. The Balaban J connectivity index is 2.39. The summed E-state index contributed by atoms with van der Waals surface area (Å²) in [5.74, 6) is -0.232. The first-order valence-electron chi connectivity index (χ1n) is 5.19. The lowest BCUT2D eigenvalue weighted by molar-refractivity contribution is -0.145. The maximum absolute atomic E-state index is 11.3. The summed E-state index contributed by atoms with van der Waals surface area (Å²) in [7, 11) is 0. The van der Waals surface area contributed by atoms with Crippen LogP contribution in [0, 0.1) is 0 Å².